The maximum Gasteiger partial charge on any atom is 0.511 e. The molecule has 1 rings (SSSR count). The van der Waals surface area contributed by atoms with Crippen LogP contribution in [0.25, 0.3) is 0 Å². The van der Waals surface area contributed by atoms with Crippen LogP contribution in [0.2, 0.25) is 0 Å². The van der Waals surface area contributed by atoms with E-state index in [0.29, 0.717) is 18.8 Å². The van der Waals surface area contributed by atoms with Gasteiger partial charge in [-0.3, -0.25) is 4.79 Å². The van der Waals surface area contributed by atoms with Gasteiger partial charge in [-0.05, 0) is 13.8 Å². The fourth-order valence-electron chi connectivity index (χ4n) is 1.63. The van der Waals surface area contributed by atoms with Crippen LogP contribution in [0, 0.1) is 13.8 Å². The quantitative estimate of drug-likeness (QED) is 0.777. The summed E-state index contributed by atoms with van der Waals surface area (Å²) >= 11 is 0. The molecule has 1 heterocycles. The van der Waals surface area contributed by atoms with Gasteiger partial charge in [0.2, 0.25) is 5.91 Å². The Morgan fingerprint density at radius 1 is 1.47 bits per heavy atom. The number of ether oxygens (including phenoxy) is 1. The predicted octanol–water partition coefficient (Wildman–Crippen LogP) is 1.30. The monoisotopic (exact) mass is 240 g/mol. The first kappa shape index (κ1) is 13.1. The Balaban J connectivity index is 2.74. The lowest BCUT2D eigenvalue weighted by atomic mass is 10.3. The van der Waals surface area contributed by atoms with Crippen molar-refractivity contribution in [3.05, 3.63) is 17.5 Å². The van der Waals surface area contributed by atoms with Gasteiger partial charge in [-0.25, -0.2) is 4.79 Å². The van der Waals surface area contributed by atoms with Gasteiger partial charge in [0.05, 0.1) is 5.69 Å². The van der Waals surface area contributed by atoms with E-state index in [1.807, 2.05) is 4.57 Å². The number of nitrogens with one attached hydrogen (secondary N) is 1. The third kappa shape index (κ3) is 3.51. The summed E-state index contributed by atoms with van der Waals surface area (Å²) < 4.78 is 6.54. The van der Waals surface area contributed by atoms with Gasteiger partial charge in [-0.2, -0.15) is 0 Å². The van der Waals surface area contributed by atoms with Gasteiger partial charge in [0.1, 0.15) is 0 Å². The summed E-state index contributed by atoms with van der Waals surface area (Å²) in [6.45, 7) is 6.08. The molecule has 2 N–H and O–H groups in total. The SMILES string of the molecule is CC(=O)NCCn1cc(C)c(OC(=O)O)c1C. The second-order valence-electron chi connectivity index (χ2n) is 3.77. The summed E-state index contributed by atoms with van der Waals surface area (Å²) in [5.41, 5.74) is 1.49. The lowest BCUT2D eigenvalue weighted by molar-refractivity contribution is -0.118. The number of aromatic nitrogens is 1. The Labute approximate surface area is 99.2 Å². The van der Waals surface area contributed by atoms with Gasteiger partial charge < -0.3 is 19.7 Å². The van der Waals surface area contributed by atoms with Crippen molar-refractivity contribution in [3.63, 3.8) is 0 Å². The first-order valence-electron chi connectivity index (χ1n) is 5.23. The first-order valence-corrected chi connectivity index (χ1v) is 5.23. The van der Waals surface area contributed by atoms with E-state index in [-0.39, 0.29) is 5.91 Å². The minimum atomic E-state index is -1.32. The lowest BCUT2D eigenvalue weighted by Gasteiger charge is -2.07. The van der Waals surface area contributed by atoms with E-state index in [1.54, 1.807) is 20.0 Å². The topological polar surface area (TPSA) is 80.6 Å². The Bertz CT molecular complexity index is 437. The smallest absolute Gasteiger partial charge is 0.449 e. The second kappa shape index (κ2) is 5.38. The van der Waals surface area contributed by atoms with Crippen molar-refractivity contribution in [2.75, 3.05) is 6.54 Å². The largest absolute Gasteiger partial charge is 0.511 e. The number of rotatable bonds is 4. The molecule has 17 heavy (non-hydrogen) atoms. The second-order valence-corrected chi connectivity index (χ2v) is 3.77. The highest BCUT2D eigenvalue weighted by Crippen LogP contribution is 2.24. The number of hydrogen-bond acceptors (Lipinski definition) is 3. The van der Waals surface area contributed by atoms with Crippen molar-refractivity contribution < 1.29 is 19.4 Å². The van der Waals surface area contributed by atoms with Crippen LogP contribution in [0.15, 0.2) is 6.20 Å². The molecule has 1 aromatic rings. The summed E-state index contributed by atoms with van der Waals surface area (Å²) in [6.07, 6.45) is 0.478. The van der Waals surface area contributed by atoms with E-state index >= 15 is 0 Å². The number of carboxylic acid groups (broad SMARTS) is 1. The third-order valence-corrected chi connectivity index (χ3v) is 2.38. The lowest BCUT2D eigenvalue weighted by Crippen LogP contribution is -2.24. The molecule has 0 aliphatic heterocycles. The molecule has 0 unspecified atom stereocenters. The van der Waals surface area contributed by atoms with E-state index in [0.717, 1.165) is 11.3 Å². The van der Waals surface area contributed by atoms with Crippen molar-refractivity contribution in [2.45, 2.75) is 27.3 Å². The van der Waals surface area contributed by atoms with Crippen LogP contribution in [0.3, 0.4) is 0 Å². The molecule has 1 aromatic heterocycles. The van der Waals surface area contributed by atoms with Crippen LogP contribution in [-0.4, -0.2) is 28.3 Å². The molecule has 6 nitrogen and oxygen atoms in total. The van der Waals surface area contributed by atoms with Crippen molar-refractivity contribution in [3.8, 4) is 5.75 Å². The minimum Gasteiger partial charge on any atom is -0.449 e. The van der Waals surface area contributed by atoms with Crippen LogP contribution >= 0.6 is 0 Å². The van der Waals surface area contributed by atoms with Gasteiger partial charge in [0.15, 0.2) is 5.75 Å². The molecule has 0 saturated carbocycles. The van der Waals surface area contributed by atoms with Gasteiger partial charge in [0, 0.05) is 31.8 Å². The molecule has 0 bridgehead atoms. The summed E-state index contributed by atoms with van der Waals surface area (Å²) in [5.74, 6) is 0.272. The molecular weight excluding hydrogens is 224 g/mol. The summed E-state index contributed by atoms with van der Waals surface area (Å²) in [6, 6.07) is 0. The van der Waals surface area contributed by atoms with Gasteiger partial charge in [-0.1, -0.05) is 0 Å². The molecule has 0 aliphatic rings. The Morgan fingerprint density at radius 3 is 2.65 bits per heavy atom. The van der Waals surface area contributed by atoms with E-state index in [4.69, 9.17) is 9.84 Å². The number of amides is 1. The zero-order valence-corrected chi connectivity index (χ0v) is 10.1. The van der Waals surface area contributed by atoms with Gasteiger partial charge >= 0.3 is 6.16 Å². The molecule has 0 saturated heterocycles. The normalized spacial score (nSPS) is 10.1. The molecule has 1 amide bonds. The number of nitrogens with zero attached hydrogens (tertiary/aromatic N) is 1. The molecule has 0 atom stereocenters. The number of carbonyl (C=O) groups is 2. The van der Waals surface area contributed by atoms with E-state index < -0.39 is 6.16 Å². The fraction of sp³-hybridized carbons (Fsp3) is 0.455. The summed E-state index contributed by atoms with van der Waals surface area (Å²) in [7, 11) is 0. The number of aryl methyl sites for hydroxylation is 1. The highest BCUT2D eigenvalue weighted by atomic mass is 16.7. The number of carbonyl (C=O) groups excluding carboxylic acids is 1. The van der Waals surface area contributed by atoms with Crippen LogP contribution in [0.1, 0.15) is 18.2 Å². The fourth-order valence-corrected chi connectivity index (χ4v) is 1.63. The molecule has 94 valence electrons. The Morgan fingerprint density at radius 2 is 2.12 bits per heavy atom. The Hall–Kier alpha value is -1.98. The molecule has 0 spiro atoms. The number of hydrogen-bond donors (Lipinski definition) is 2. The third-order valence-electron chi connectivity index (χ3n) is 2.38. The molecule has 0 aliphatic carbocycles. The van der Waals surface area contributed by atoms with E-state index in [9.17, 15) is 9.59 Å². The Kier molecular flexibility index (Phi) is 4.14. The van der Waals surface area contributed by atoms with Crippen LogP contribution < -0.4 is 10.1 Å². The van der Waals surface area contributed by atoms with Crippen LogP contribution in [-0.2, 0) is 11.3 Å². The maximum atomic E-state index is 10.7. The standard InChI is InChI=1S/C11H16N2O4/c1-7-6-13(5-4-12-9(3)14)8(2)10(7)17-11(15)16/h6H,4-5H2,1-3H3,(H,12,14)(H,15,16). The van der Waals surface area contributed by atoms with E-state index in [1.165, 1.54) is 6.92 Å². The average molecular weight is 240 g/mol. The summed E-state index contributed by atoms with van der Waals surface area (Å²) in [4.78, 5) is 21.2. The molecular formula is C11H16N2O4. The summed E-state index contributed by atoms with van der Waals surface area (Å²) in [5, 5.41) is 11.3. The van der Waals surface area contributed by atoms with Crippen molar-refractivity contribution >= 4 is 12.1 Å². The molecule has 6 heteroatoms. The zero-order valence-electron chi connectivity index (χ0n) is 10.1. The molecule has 0 radical (unpaired) electrons. The minimum absolute atomic E-state index is 0.0893. The van der Waals surface area contributed by atoms with E-state index in [2.05, 4.69) is 5.32 Å². The van der Waals surface area contributed by atoms with Crippen molar-refractivity contribution in [2.24, 2.45) is 0 Å². The van der Waals surface area contributed by atoms with Crippen molar-refractivity contribution in [1.82, 2.24) is 9.88 Å². The first-order chi connectivity index (χ1) is 7.91. The predicted molar refractivity (Wildman–Crippen MR) is 61.2 cm³/mol. The van der Waals surface area contributed by atoms with Crippen LogP contribution in [0.4, 0.5) is 4.79 Å². The molecule has 0 aromatic carbocycles. The van der Waals surface area contributed by atoms with Gasteiger partial charge in [-0.15, -0.1) is 0 Å². The highest BCUT2D eigenvalue weighted by Gasteiger charge is 2.13. The maximum absolute atomic E-state index is 10.7. The zero-order chi connectivity index (χ0) is 13.0. The van der Waals surface area contributed by atoms with Crippen LogP contribution in [0.5, 0.6) is 5.75 Å². The van der Waals surface area contributed by atoms with Crippen molar-refractivity contribution in [1.29, 1.82) is 0 Å². The average Bonchev–Trinajstić information content (AvgIpc) is 2.45. The van der Waals surface area contributed by atoms with Gasteiger partial charge in [0.25, 0.3) is 0 Å². The molecule has 0 fully saturated rings. The highest BCUT2D eigenvalue weighted by molar-refractivity contribution is 5.72.